The highest BCUT2D eigenvalue weighted by atomic mass is 32.1. The molecule has 1 aliphatic heterocycles. The zero-order chi connectivity index (χ0) is 14.1. The van der Waals surface area contributed by atoms with Crippen LogP contribution in [-0.4, -0.2) is 19.1 Å². The van der Waals surface area contributed by atoms with Crippen molar-refractivity contribution in [2.24, 2.45) is 0 Å². The van der Waals surface area contributed by atoms with Crippen LogP contribution in [0.2, 0.25) is 0 Å². The summed E-state index contributed by atoms with van der Waals surface area (Å²) in [5, 5.41) is 3.28. The third-order valence-corrected chi connectivity index (χ3v) is 4.49. The van der Waals surface area contributed by atoms with Crippen molar-refractivity contribution in [3.63, 3.8) is 0 Å². The Hall–Kier alpha value is -1.88. The van der Waals surface area contributed by atoms with E-state index in [1.54, 1.807) is 6.92 Å². The van der Waals surface area contributed by atoms with Crippen molar-refractivity contribution in [1.82, 2.24) is 0 Å². The van der Waals surface area contributed by atoms with Crippen LogP contribution >= 0.6 is 11.3 Å². The summed E-state index contributed by atoms with van der Waals surface area (Å²) >= 11 is 1.18. The predicted octanol–water partition coefficient (Wildman–Crippen LogP) is 3.70. The van der Waals surface area contributed by atoms with Gasteiger partial charge in [-0.2, -0.15) is 0 Å². The molecule has 0 fully saturated rings. The number of thiophene rings is 1. The molecule has 1 N–H and O–H groups in total. The molecule has 1 aromatic carbocycles. The van der Waals surface area contributed by atoms with Crippen molar-refractivity contribution in [3.05, 3.63) is 40.5 Å². The van der Waals surface area contributed by atoms with E-state index in [0.29, 0.717) is 18.5 Å². The second-order valence-corrected chi connectivity index (χ2v) is 5.52. The van der Waals surface area contributed by atoms with Gasteiger partial charge in [0.1, 0.15) is 4.88 Å². The molecule has 0 atom stereocenters. The molecule has 0 saturated carbocycles. The van der Waals surface area contributed by atoms with Gasteiger partial charge in [-0.1, -0.05) is 18.2 Å². The summed E-state index contributed by atoms with van der Waals surface area (Å²) in [7, 11) is 0. The number of ether oxygens (including phenoxy) is 1. The maximum absolute atomic E-state index is 14.4. The smallest absolute Gasteiger partial charge is 0.351 e. The van der Waals surface area contributed by atoms with Crippen LogP contribution < -0.4 is 5.32 Å². The van der Waals surface area contributed by atoms with Gasteiger partial charge in [-0.25, -0.2) is 9.18 Å². The van der Waals surface area contributed by atoms with E-state index in [1.807, 2.05) is 24.3 Å². The summed E-state index contributed by atoms with van der Waals surface area (Å²) in [5.41, 5.74) is 2.53. The molecule has 3 nitrogen and oxygen atoms in total. The standard InChI is InChI=1S/C15H14FNO2S/c1-2-19-15(18)14-12(16)10-7-8-17-11-6-4-3-5-9(11)13(10)20-14/h3-6,17H,2,7-8H2,1H3. The molecule has 20 heavy (non-hydrogen) atoms. The summed E-state index contributed by atoms with van der Waals surface area (Å²) in [6.07, 6.45) is 0.561. The molecular formula is C15H14FNO2S. The molecule has 2 aromatic rings. The van der Waals surface area contributed by atoms with Crippen molar-refractivity contribution in [2.45, 2.75) is 13.3 Å². The second kappa shape index (κ2) is 5.25. The average molecular weight is 291 g/mol. The zero-order valence-corrected chi connectivity index (χ0v) is 11.8. The summed E-state index contributed by atoms with van der Waals surface area (Å²) in [6.45, 7) is 2.62. The number of carbonyl (C=O) groups is 1. The quantitative estimate of drug-likeness (QED) is 0.857. The van der Waals surface area contributed by atoms with Crippen molar-refractivity contribution >= 4 is 23.0 Å². The molecule has 0 spiro atoms. The lowest BCUT2D eigenvalue weighted by molar-refractivity contribution is 0.0527. The van der Waals surface area contributed by atoms with Crippen molar-refractivity contribution in [1.29, 1.82) is 0 Å². The molecule has 0 amide bonds. The van der Waals surface area contributed by atoms with Crippen LogP contribution in [0.4, 0.5) is 10.1 Å². The first kappa shape index (κ1) is 13.1. The molecule has 104 valence electrons. The second-order valence-electron chi connectivity index (χ2n) is 4.50. The number of nitrogens with one attached hydrogen (secondary N) is 1. The normalized spacial score (nSPS) is 12.9. The Morgan fingerprint density at radius 2 is 2.25 bits per heavy atom. The van der Waals surface area contributed by atoms with Gasteiger partial charge in [-0.15, -0.1) is 11.3 Å². The van der Waals surface area contributed by atoms with Gasteiger partial charge in [0.15, 0.2) is 5.82 Å². The SMILES string of the molecule is CCOC(=O)c1sc2c(c1F)CCNc1ccccc1-2. The lowest BCUT2D eigenvalue weighted by Crippen LogP contribution is -2.06. The fourth-order valence-corrected chi connectivity index (χ4v) is 3.53. The Morgan fingerprint density at radius 3 is 3.05 bits per heavy atom. The zero-order valence-electron chi connectivity index (χ0n) is 11.0. The van der Waals surface area contributed by atoms with Crippen molar-refractivity contribution < 1.29 is 13.9 Å². The first-order chi connectivity index (χ1) is 9.72. The minimum Gasteiger partial charge on any atom is -0.462 e. The van der Waals surface area contributed by atoms with Gasteiger partial charge in [0.25, 0.3) is 0 Å². The number of esters is 1. The van der Waals surface area contributed by atoms with E-state index in [4.69, 9.17) is 4.74 Å². The topological polar surface area (TPSA) is 38.3 Å². The van der Waals surface area contributed by atoms with Gasteiger partial charge < -0.3 is 10.1 Å². The molecule has 2 heterocycles. The van der Waals surface area contributed by atoms with Crippen LogP contribution in [0, 0.1) is 5.82 Å². The number of hydrogen-bond donors (Lipinski definition) is 1. The van der Waals surface area contributed by atoms with Gasteiger partial charge in [0.2, 0.25) is 0 Å². The molecule has 0 saturated heterocycles. The number of benzene rings is 1. The van der Waals surface area contributed by atoms with E-state index in [9.17, 15) is 9.18 Å². The minimum atomic E-state index is -0.575. The minimum absolute atomic E-state index is 0.0774. The van der Waals surface area contributed by atoms with Crippen LogP contribution in [0.1, 0.15) is 22.2 Å². The number of hydrogen-bond acceptors (Lipinski definition) is 4. The van der Waals surface area contributed by atoms with E-state index in [0.717, 1.165) is 16.1 Å². The van der Waals surface area contributed by atoms with E-state index in [2.05, 4.69) is 5.32 Å². The molecule has 3 rings (SSSR count). The van der Waals surface area contributed by atoms with Gasteiger partial charge in [0, 0.05) is 28.2 Å². The maximum atomic E-state index is 14.4. The fraction of sp³-hybridized carbons (Fsp3) is 0.267. The summed E-state index contributed by atoms with van der Waals surface area (Å²) < 4.78 is 19.4. The van der Waals surface area contributed by atoms with Gasteiger partial charge >= 0.3 is 5.97 Å². The highest BCUT2D eigenvalue weighted by molar-refractivity contribution is 7.17. The Kier molecular flexibility index (Phi) is 3.44. The lowest BCUT2D eigenvalue weighted by atomic mass is 10.1. The highest BCUT2D eigenvalue weighted by Crippen LogP contribution is 2.41. The number of rotatable bonds is 2. The van der Waals surface area contributed by atoms with Crippen LogP contribution in [0.25, 0.3) is 10.4 Å². The van der Waals surface area contributed by atoms with E-state index in [-0.39, 0.29) is 11.5 Å². The Morgan fingerprint density at radius 1 is 1.45 bits per heavy atom. The maximum Gasteiger partial charge on any atom is 0.351 e. The Bertz CT molecular complexity index is 666. The molecule has 1 aliphatic rings. The summed E-state index contributed by atoms with van der Waals surface area (Å²) in [4.78, 5) is 12.7. The molecule has 1 aromatic heterocycles. The number of anilines is 1. The van der Waals surface area contributed by atoms with Crippen LogP contribution in [0.5, 0.6) is 0 Å². The van der Waals surface area contributed by atoms with E-state index < -0.39 is 11.8 Å². The molecular weight excluding hydrogens is 277 g/mol. The predicted molar refractivity (Wildman–Crippen MR) is 77.9 cm³/mol. The Balaban J connectivity index is 2.14. The van der Waals surface area contributed by atoms with Crippen LogP contribution in [-0.2, 0) is 11.2 Å². The van der Waals surface area contributed by atoms with Gasteiger partial charge in [-0.3, -0.25) is 0 Å². The summed E-state index contributed by atoms with van der Waals surface area (Å²) in [5.74, 6) is -1.00. The number of carbonyl (C=O) groups excluding carboxylic acids is 1. The first-order valence-electron chi connectivity index (χ1n) is 6.54. The fourth-order valence-electron chi connectivity index (χ4n) is 2.37. The number of halogens is 1. The van der Waals surface area contributed by atoms with Gasteiger partial charge in [-0.05, 0) is 19.4 Å². The molecule has 0 bridgehead atoms. The number of para-hydroxylation sites is 1. The molecule has 0 aliphatic carbocycles. The molecule has 0 radical (unpaired) electrons. The lowest BCUT2D eigenvalue weighted by Gasteiger charge is -2.06. The van der Waals surface area contributed by atoms with Crippen molar-refractivity contribution in [2.75, 3.05) is 18.5 Å². The van der Waals surface area contributed by atoms with Crippen LogP contribution in [0.3, 0.4) is 0 Å². The van der Waals surface area contributed by atoms with Crippen molar-refractivity contribution in [3.8, 4) is 10.4 Å². The first-order valence-corrected chi connectivity index (χ1v) is 7.35. The largest absolute Gasteiger partial charge is 0.462 e. The summed E-state index contributed by atoms with van der Waals surface area (Å²) in [6, 6.07) is 7.76. The van der Waals surface area contributed by atoms with Crippen LogP contribution in [0.15, 0.2) is 24.3 Å². The molecule has 0 unspecified atom stereocenters. The van der Waals surface area contributed by atoms with E-state index in [1.165, 1.54) is 11.3 Å². The third-order valence-electron chi connectivity index (χ3n) is 3.27. The van der Waals surface area contributed by atoms with Gasteiger partial charge in [0.05, 0.1) is 6.61 Å². The average Bonchev–Trinajstić information content (AvgIpc) is 2.67. The highest BCUT2D eigenvalue weighted by Gasteiger charge is 2.26. The monoisotopic (exact) mass is 291 g/mol. The Labute approximate surface area is 120 Å². The number of fused-ring (bicyclic) bond motifs is 3. The molecule has 5 heteroatoms. The third kappa shape index (κ3) is 2.08. The van der Waals surface area contributed by atoms with E-state index >= 15 is 0 Å².